The molecule has 0 spiro atoms. The summed E-state index contributed by atoms with van der Waals surface area (Å²) >= 11 is 0. The standard InChI is InChI=1S/H109P109/c1-56-84(57(2)3)98(85(58(4)5)59(6)7)105(99(86(60(8)9)61(10)11)87(62(12)13)63(14)15)108(104(96(80(48)49)81(50)51)97(82(52)53)83(54)55)109(106(100(88(64(16)17)65(18)19)89(66(20)21)67(22)23)101(90(68(24)25)69(26)27)91(70(28)29)71(30)31)107(102(92(72(32)33)73(34)35)93(74(36)37)75(38)39)103(94(76(40)41)77(42)43)95(78(44)45)79(46)47/h1-2,56H,3-55H2/q-2. The topological polar surface area (TPSA) is 0 Å². The zero-order valence-corrected chi connectivity index (χ0v) is 167. The molecule has 0 aliphatic heterocycles. The van der Waals surface area contributed by atoms with Crippen LogP contribution in [0, 0.1) is 0 Å². The molecule has 59 atom stereocenters. The Morgan fingerprint density at radius 1 is 0.110 bits per heavy atom. The minimum absolute atomic E-state index is 0.454. The molecule has 0 amide bonds. The van der Waals surface area contributed by atoms with Crippen LogP contribution < -0.4 is 0 Å². The first-order valence-electron chi connectivity index (χ1n) is 24.8. The van der Waals surface area contributed by atoms with E-state index in [9.17, 15) is 0 Å². The van der Waals surface area contributed by atoms with E-state index < -0.39 is 370 Å². The molecule has 59 unspecified atom stereocenters. The van der Waals surface area contributed by atoms with E-state index in [4.69, 9.17) is 17.9 Å². The molecule has 0 saturated heterocycles. The van der Waals surface area contributed by atoms with Gasteiger partial charge in [-0.15, -0.1) is 473 Å². The Bertz CT molecular complexity index is 1890. The summed E-state index contributed by atoms with van der Waals surface area (Å²) in [7, 11) is 215. The zero-order valence-electron chi connectivity index (χ0n) is 55.8. The van der Waals surface area contributed by atoms with Crippen LogP contribution >= 0.6 is 869 Å². The van der Waals surface area contributed by atoms with E-state index in [1.807, 2.05) is 0 Å². The van der Waals surface area contributed by atoms with Crippen LogP contribution in [-0.2, 0) is 0 Å². The highest BCUT2D eigenvalue weighted by Crippen LogP contribution is 3.56. The number of rotatable bonds is 53. The molecule has 0 aromatic carbocycles. The zero-order chi connectivity index (χ0) is 86.3. The van der Waals surface area contributed by atoms with Crippen molar-refractivity contribution in [3.05, 3.63) is 0 Å². The summed E-state index contributed by atoms with van der Waals surface area (Å²) in [6.07, 6.45) is 0. The van der Waals surface area contributed by atoms with E-state index >= 15 is 0 Å². The van der Waals surface area contributed by atoms with Gasteiger partial charge in [0.1, 0.15) is 0 Å². The van der Waals surface area contributed by atoms with E-state index in [1.165, 1.54) is 0 Å². The molecule has 0 saturated carbocycles. The van der Waals surface area contributed by atoms with Gasteiger partial charge in [0.15, 0.2) is 0 Å². The van der Waals surface area contributed by atoms with Crippen LogP contribution in [0.2, 0.25) is 0 Å². The van der Waals surface area contributed by atoms with Crippen molar-refractivity contribution in [3.8, 4) is 0 Å². The summed E-state index contributed by atoms with van der Waals surface area (Å²) in [5.41, 5.74) is 0. The first-order valence-corrected chi connectivity index (χ1v) is 223. The first-order chi connectivity index (χ1) is 49.6. The molecule has 0 aromatic heterocycles. The van der Waals surface area contributed by atoms with Crippen LogP contribution in [0.15, 0.2) is 0 Å². The summed E-state index contributed by atoms with van der Waals surface area (Å²) in [5, 5.41) is 0. The van der Waals surface area contributed by atoms with Crippen molar-refractivity contribution in [1.29, 1.82) is 0 Å². The van der Waals surface area contributed by atoms with Crippen molar-refractivity contribution in [1.82, 2.24) is 0 Å². The van der Waals surface area contributed by atoms with Crippen molar-refractivity contribution in [2.75, 3.05) is 0 Å². The van der Waals surface area contributed by atoms with Crippen molar-refractivity contribution >= 4 is 869 Å². The van der Waals surface area contributed by atoms with Crippen molar-refractivity contribution in [2.45, 2.75) is 0 Å². The SMILES string of the molecule is [PH-]PP(P([PH-])P)P(P(P(P)P)P(P)P)P(P(P(P(P)P)P(P)P)P(P(P)P)P(P)P)P(P(P(P(P)P)P(P)P)P(P(P)P)P(P)P)P(P(P(P(P(P)P)P(P)P)P(P(P)P)P(P)P)P(P(P(P)P)P(P)P)P(P(P)P)P(P)P)P(P(P(P(P)P)P(P)P)P(P(P)P)P(P)P)P(P(P(P)P)P(P)P)P(P(P)P)P(P)P. The average molecular weight is 3490 g/mol. The van der Waals surface area contributed by atoms with Crippen LogP contribution in [-0.4, -0.2) is 0 Å². The molecule has 0 aliphatic rings. The molecule has 0 heterocycles. The molecular formula is H109P109-2. The van der Waals surface area contributed by atoms with Gasteiger partial charge in [-0.1, -0.05) is 6.99 Å². The molecule has 0 aromatic rings. The summed E-state index contributed by atoms with van der Waals surface area (Å²) in [6, 6.07) is 0. The van der Waals surface area contributed by atoms with E-state index in [2.05, 4.69) is 473 Å². The van der Waals surface area contributed by atoms with Crippen LogP contribution in [0.25, 0.3) is 0 Å². The van der Waals surface area contributed by atoms with E-state index in [0.29, 0.717) is 0 Å². The molecule has 0 bridgehead atoms. The van der Waals surface area contributed by atoms with Gasteiger partial charge in [0, 0.05) is 0 Å². The monoisotopic (exact) mass is 3490 g/mol. The third-order valence-electron chi connectivity index (χ3n) is 9.68. The van der Waals surface area contributed by atoms with Gasteiger partial charge in [-0.2, -0.15) is 0 Å². The van der Waals surface area contributed by atoms with E-state index in [-0.39, 0.29) is 0 Å². The highest BCUT2D eigenvalue weighted by Gasteiger charge is 2.68. The largest absolute Gasteiger partial charge is 0.524 e. The Labute approximate surface area is 855 Å². The molecule has 109 heavy (non-hydrogen) atoms. The number of hydrogen-bond donors (Lipinski definition) is 0. The van der Waals surface area contributed by atoms with Crippen LogP contribution in [0.3, 0.4) is 0 Å². The molecule has 0 radical (unpaired) electrons. The Morgan fingerprint density at radius 3 is 0.239 bits per heavy atom. The molecule has 109 heteroatoms. The molecule has 656 valence electrons. The molecule has 0 aliphatic carbocycles. The van der Waals surface area contributed by atoms with Crippen molar-refractivity contribution < 1.29 is 0 Å². The minimum Gasteiger partial charge on any atom is -0.524 e. The molecule has 0 rings (SSSR count). The lowest BCUT2D eigenvalue weighted by molar-refractivity contribution is 4.28. The maximum absolute atomic E-state index is 5.06. The fourth-order valence-electron chi connectivity index (χ4n) is 6.72. The normalized spacial score (nSPS) is 16.1. The summed E-state index contributed by atoms with van der Waals surface area (Å²) in [6.45, 7) is -27.0. The van der Waals surface area contributed by atoms with Crippen LogP contribution in [0.1, 0.15) is 0 Å². The summed E-state index contributed by atoms with van der Waals surface area (Å²) < 4.78 is 0. The molecule has 0 N–H and O–H groups in total. The van der Waals surface area contributed by atoms with Crippen LogP contribution in [0.5, 0.6) is 0 Å². The second-order valence-corrected chi connectivity index (χ2v) is 468. The smallest absolute Gasteiger partial charge is 0.000000225 e. The second-order valence-electron chi connectivity index (χ2n) is 17.3. The predicted octanol–water partition coefficient (Wildman–Crippen LogP) is 64.7. The van der Waals surface area contributed by atoms with Gasteiger partial charge in [-0.3, -0.25) is 7.96 Å². The van der Waals surface area contributed by atoms with Crippen molar-refractivity contribution in [2.24, 2.45) is 0 Å². The van der Waals surface area contributed by atoms with Crippen molar-refractivity contribution in [3.63, 3.8) is 0 Å². The Hall–Kier alpha value is 46.9. The average Bonchev–Trinajstić information content (AvgIpc) is 0.705. The lowest BCUT2D eigenvalue weighted by Gasteiger charge is -2.65. The lowest BCUT2D eigenvalue weighted by Crippen LogP contribution is -1.78. The maximum atomic E-state index is 5.06. The summed E-state index contributed by atoms with van der Waals surface area (Å²) in [5.74, 6) is 0. The Kier molecular flexibility index (Phi) is 123. The lowest BCUT2D eigenvalue weighted by atomic mass is 28.3. The van der Waals surface area contributed by atoms with Gasteiger partial charge in [-0.05, 0) is 356 Å². The van der Waals surface area contributed by atoms with E-state index in [0.717, 1.165) is 7.96 Å². The third kappa shape index (κ3) is 54.9. The third-order valence-corrected chi connectivity index (χ3v) is 784. The van der Waals surface area contributed by atoms with Gasteiger partial charge in [0.2, 0.25) is 0 Å². The summed E-state index contributed by atoms with van der Waals surface area (Å²) in [4.78, 5) is 0. The minimum atomic E-state index is -0.737. The van der Waals surface area contributed by atoms with Gasteiger partial charge >= 0.3 is 0 Å². The fraction of sp³-hybridized carbons (Fsp3) is 0. The highest BCUT2D eigenvalue weighted by molar-refractivity contribution is 9.61. The highest BCUT2D eigenvalue weighted by atomic mass is 33.7. The Balaban J connectivity index is 15.5. The molecular weight excluding hydrogens is 3380 g/mol. The number of hydrogen-bond acceptors (Lipinski definition) is 0. The van der Waals surface area contributed by atoms with Crippen LogP contribution in [0.4, 0.5) is 0 Å². The van der Waals surface area contributed by atoms with Gasteiger partial charge in [-0.25, -0.2) is 6.99 Å². The Morgan fingerprint density at radius 2 is 0.174 bits per heavy atom. The maximum Gasteiger partial charge on any atom is -0.000000225 e. The fourth-order valence-corrected chi connectivity index (χ4v) is 1630. The quantitative estimate of drug-likeness (QED) is 0.0533. The van der Waals surface area contributed by atoms with E-state index in [1.54, 1.807) is 0 Å². The van der Waals surface area contributed by atoms with Gasteiger partial charge in [0.25, 0.3) is 0 Å². The predicted molar refractivity (Wildman–Crippen MR) is 906 cm³/mol. The van der Waals surface area contributed by atoms with Gasteiger partial charge in [0.05, 0.1) is 0 Å². The molecule has 0 nitrogen and oxygen atoms in total. The molecule has 0 fully saturated rings. The van der Waals surface area contributed by atoms with Gasteiger partial charge < -0.3 is 17.9 Å². The second kappa shape index (κ2) is 85.7. The first kappa shape index (κ1) is 156.